The summed E-state index contributed by atoms with van der Waals surface area (Å²) in [6.45, 7) is -6.18. The summed E-state index contributed by atoms with van der Waals surface area (Å²) in [5.74, 6) is -11.8. The summed E-state index contributed by atoms with van der Waals surface area (Å²) >= 11 is 0. The van der Waals surface area contributed by atoms with E-state index in [1.807, 2.05) is 48.6 Å². The summed E-state index contributed by atoms with van der Waals surface area (Å²) < 4.78 is 23.5. The Morgan fingerprint density at radius 1 is 0.398 bits per heavy atom. The molecule has 1 atom stereocenters. The van der Waals surface area contributed by atoms with E-state index in [-0.39, 0.29) is 143 Å². The largest absolute Gasteiger partial charge is 0.489 e. The summed E-state index contributed by atoms with van der Waals surface area (Å²) in [6, 6.07) is 10.3. The van der Waals surface area contributed by atoms with E-state index in [1.165, 1.54) is 19.6 Å². The number of nitrogens with zero attached hydrogens (tertiary/aromatic N) is 9. The van der Waals surface area contributed by atoms with Crippen LogP contribution >= 0.6 is 0 Å². The SMILES string of the molecule is O=C(O)CN(CCN(CC(=O)O)CC(=O)O)CCN(CC(=O)O)CC(=O)NCCOCCNC(=O)CCOc1cc2c(cc1OCCC(=O)NCCOCCNC(=O)CN(CCN(CCN(CC(=O)O)CC(=O)O)CC(=O)O)CC(=O)O)N=CC1C=CC(=N1)/C=c1/cc/c([nH]1)=C/c1ccc([nH]1)C=N2. The standard InChI is InChI=1S/C64H87N15O24/c80-53(65-9-23-100-25-11-67-55(82)33-76(37-59(88)89)17-13-74(35-57(84)85)15-19-78(39-61(92)93)40-62(94)95)7-21-102-51-29-49-50(70-32-48-6-4-46(73-48)28-44-2-1-43(71-44)27-45-3-5-47(72-45)31-69-49)30-52(51)103-22-8-54(81)66-10-24-101-26-12-68-56(83)34-77(38-60(90)91)18-14-75(36-58(86)87)16-20-79(41-63(96)97)42-64(98)99/h1-6,27-32,47,71,73H,7-26,33-42H2,(H,65,80)(H,66,81)(H,67,82)(H,68,83)(H,84,85)(H,86,87)(H,88,89)(H,90,91)(H,92,93)(H,94,95)(H,96,97)(H,98,99)/b43-27-,44-28-,69-31?,70-32?. The predicted octanol–water partition coefficient (Wildman–Crippen LogP) is -4.68. The third-order valence-corrected chi connectivity index (χ3v) is 14.6. The smallest absolute Gasteiger partial charge is 0.317 e. The van der Waals surface area contributed by atoms with Gasteiger partial charge in [0.1, 0.15) is 6.04 Å². The zero-order chi connectivity index (χ0) is 75.1. The molecule has 4 amide bonds. The number of amides is 4. The van der Waals surface area contributed by atoms with Crippen molar-refractivity contribution in [3.63, 3.8) is 0 Å². The lowest BCUT2D eigenvalue weighted by Crippen LogP contribution is -2.46. The Hall–Kier alpha value is -10.8. The number of aromatic nitrogens is 2. The lowest BCUT2D eigenvalue weighted by molar-refractivity contribution is -0.144. The molecule has 0 fully saturated rings. The molecule has 0 spiro atoms. The first-order valence-electron chi connectivity index (χ1n) is 32.4. The number of fused-ring (bicyclic) bond motifs is 6. The first-order valence-corrected chi connectivity index (χ1v) is 32.4. The number of carboxylic acid groups (broad SMARTS) is 8. The number of nitrogens with one attached hydrogen (secondary N) is 6. The molecule has 562 valence electrons. The van der Waals surface area contributed by atoms with Gasteiger partial charge in [0.05, 0.1) is 147 Å². The third-order valence-electron chi connectivity index (χ3n) is 14.6. The van der Waals surface area contributed by atoms with Crippen molar-refractivity contribution < 1.29 is 117 Å². The van der Waals surface area contributed by atoms with Gasteiger partial charge in [-0.3, -0.25) is 102 Å². The van der Waals surface area contributed by atoms with E-state index in [0.717, 1.165) is 26.2 Å². The zero-order valence-corrected chi connectivity index (χ0v) is 56.4. The van der Waals surface area contributed by atoms with Crippen LogP contribution in [-0.4, -0.2) is 359 Å². The first-order chi connectivity index (χ1) is 49.2. The average Bonchev–Trinajstić information content (AvgIpc) is 1.01. The van der Waals surface area contributed by atoms with Crippen LogP contribution in [0.5, 0.6) is 11.5 Å². The fourth-order valence-corrected chi connectivity index (χ4v) is 9.92. The molecular formula is C64H87N15O24. The number of benzene rings is 1. The van der Waals surface area contributed by atoms with E-state index < -0.39 is 143 Å². The van der Waals surface area contributed by atoms with E-state index >= 15 is 0 Å². The topological polar surface area (TPSA) is 540 Å². The van der Waals surface area contributed by atoms with Crippen LogP contribution in [0.3, 0.4) is 0 Å². The van der Waals surface area contributed by atoms with E-state index in [0.29, 0.717) is 22.8 Å². The number of hydrogen-bond acceptors (Lipinski definition) is 25. The highest BCUT2D eigenvalue weighted by atomic mass is 16.5. The highest BCUT2D eigenvalue weighted by Crippen LogP contribution is 2.40. The number of allylic oxidation sites excluding steroid dienone is 1. The molecule has 0 saturated carbocycles. The summed E-state index contributed by atoms with van der Waals surface area (Å²) in [5, 5.41) is 86.8. The Bertz CT molecular complexity index is 3620. The second-order valence-electron chi connectivity index (χ2n) is 23.1. The molecule has 5 rings (SSSR count). The van der Waals surface area contributed by atoms with E-state index in [9.17, 15) is 78.0 Å². The van der Waals surface area contributed by atoms with Crippen LogP contribution in [0.4, 0.5) is 11.4 Å². The van der Waals surface area contributed by atoms with Crippen molar-refractivity contribution in [3.05, 3.63) is 70.6 Å². The molecule has 4 heterocycles. The fraction of sp³-hybridized carbons (Fsp3) is 0.484. The van der Waals surface area contributed by atoms with Crippen molar-refractivity contribution in [1.82, 2.24) is 60.6 Å². The minimum Gasteiger partial charge on any atom is -0.489 e. The number of H-pyrrole nitrogens is 2. The van der Waals surface area contributed by atoms with Gasteiger partial charge in [-0.2, -0.15) is 0 Å². The molecule has 6 bridgehead atoms. The van der Waals surface area contributed by atoms with E-state index in [4.69, 9.17) is 54.4 Å². The molecule has 3 aromatic rings. The van der Waals surface area contributed by atoms with Crippen LogP contribution in [0.15, 0.2) is 63.5 Å². The Labute approximate surface area is 588 Å². The van der Waals surface area contributed by atoms with Gasteiger partial charge < -0.3 is 91.0 Å². The average molecular weight is 1450 g/mol. The van der Waals surface area contributed by atoms with E-state index in [2.05, 4.69) is 31.2 Å². The van der Waals surface area contributed by atoms with Gasteiger partial charge in [0.2, 0.25) is 23.6 Å². The zero-order valence-electron chi connectivity index (χ0n) is 56.4. The fourth-order valence-electron chi connectivity index (χ4n) is 9.92. The summed E-state index contributed by atoms with van der Waals surface area (Å²) in [7, 11) is 0. The maximum absolute atomic E-state index is 13.1. The lowest BCUT2D eigenvalue weighted by Gasteiger charge is -2.27. The number of aliphatic imine (C=N–C) groups is 3. The summed E-state index contributed by atoms with van der Waals surface area (Å²) in [4.78, 5) is 171. The number of carbonyl (C=O) groups excluding carboxylic acids is 4. The van der Waals surface area contributed by atoms with Gasteiger partial charge in [0, 0.05) is 113 Å². The van der Waals surface area contributed by atoms with Gasteiger partial charge in [0.15, 0.2) is 11.5 Å². The van der Waals surface area contributed by atoms with Gasteiger partial charge in [0.25, 0.3) is 0 Å². The molecule has 0 saturated heterocycles. The molecule has 2 aliphatic heterocycles. The van der Waals surface area contributed by atoms with Crippen molar-refractivity contribution in [2.45, 2.75) is 18.9 Å². The molecule has 1 unspecified atom stereocenters. The van der Waals surface area contributed by atoms with Crippen LogP contribution < -0.4 is 41.4 Å². The second kappa shape index (κ2) is 45.1. The molecule has 2 aliphatic rings. The number of ether oxygens (including phenoxy) is 4. The van der Waals surface area contributed by atoms with Crippen molar-refractivity contribution >= 4 is 113 Å². The maximum atomic E-state index is 13.1. The first kappa shape index (κ1) is 82.9. The Morgan fingerprint density at radius 2 is 0.748 bits per heavy atom. The van der Waals surface area contributed by atoms with Gasteiger partial charge in [-0.25, -0.2) is 0 Å². The lowest BCUT2D eigenvalue weighted by atomic mass is 10.2. The molecule has 39 nitrogen and oxygen atoms in total. The summed E-state index contributed by atoms with van der Waals surface area (Å²) in [6.07, 6.45) is 10.5. The van der Waals surface area contributed by atoms with Gasteiger partial charge in [-0.1, -0.05) is 6.08 Å². The van der Waals surface area contributed by atoms with E-state index in [1.54, 1.807) is 24.6 Å². The molecular weight excluding hydrogens is 1360 g/mol. The third kappa shape index (κ3) is 35.9. The molecule has 2 aromatic heterocycles. The van der Waals surface area contributed by atoms with Gasteiger partial charge >= 0.3 is 47.8 Å². The van der Waals surface area contributed by atoms with Crippen molar-refractivity contribution in [2.24, 2.45) is 15.0 Å². The highest BCUT2D eigenvalue weighted by molar-refractivity contribution is 6.19. The van der Waals surface area contributed by atoms with Crippen molar-refractivity contribution in [1.29, 1.82) is 0 Å². The predicted molar refractivity (Wildman–Crippen MR) is 365 cm³/mol. The van der Waals surface area contributed by atoms with Crippen molar-refractivity contribution in [2.75, 3.05) is 184 Å². The molecule has 14 N–H and O–H groups in total. The quantitative estimate of drug-likeness (QED) is 0.0236. The normalized spacial score (nSPS) is 13.7. The Morgan fingerprint density at radius 3 is 1.16 bits per heavy atom. The molecule has 0 aliphatic carbocycles. The summed E-state index contributed by atoms with van der Waals surface area (Å²) in [5.41, 5.74) is 2.84. The minimum absolute atomic E-state index is 0.00449. The number of rotatable bonds is 52. The number of aliphatic carboxylic acids is 8. The number of carbonyl (C=O) groups is 12. The van der Waals surface area contributed by atoms with Gasteiger partial charge in [-0.15, -0.1) is 0 Å². The van der Waals surface area contributed by atoms with Crippen LogP contribution in [0.25, 0.3) is 12.2 Å². The monoisotopic (exact) mass is 1450 g/mol. The molecule has 39 heteroatoms. The van der Waals surface area contributed by atoms with Gasteiger partial charge in [-0.05, 0) is 42.5 Å². The highest BCUT2D eigenvalue weighted by Gasteiger charge is 2.23. The Balaban J connectivity index is 1.11. The van der Waals surface area contributed by atoms with Crippen molar-refractivity contribution in [3.8, 4) is 11.5 Å². The number of aromatic amines is 2. The second-order valence-corrected chi connectivity index (χ2v) is 23.1. The molecule has 103 heavy (non-hydrogen) atoms. The molecule has 1 aromatic carbocycles. The Kier molecular flexibility index (Phi) is 36.3. The molecule has 0 radical (unpaired) electrons. The maximum Gasteiger partial charge on any atom is 0.317 e. The minimum atomic E-state index is -1.29. The van der Waals surface area contributed by atoms with Crippen LogP contribution in [0.2, 0.25) is 0 Å². The van der Waals surface area contributed by atoms with Crippen LogP contribution in [0.1, 0.15) is 24.2 Å². The van der Waals surface area contributed by atoms with Crippen LogP contribution in [0, 0.1) is 0 Å². The van der Waals surface area contributed by atoms with Crippen LogP contribution in [-0.2, 0) is 67.0 Å². The number of carboxylic acids is 8. The number of hydrogen-bond donors (Lipinski definition) is 14.